The molecule has 4 aromatic rings. The molecule has 2 aromatic heterocycles. The van der Waals surface area contributed by atoms with E-state index >= 15 is 0 Å². The summed E-state index contributed by atoms with van der Waals surface area (Å²) in [5, 5.41) is 3.26. The molecule has 0 fully saturated rings. The van der Waals surface area contributed by atoms with Crippen LogP contribution < -0.4 is 10.2 Å². The van der Waals surface area contributed by atoms with Gasteiger partial charge in [-0.1, -0.05) is 24.3 Å². The average Bonchev–Trinajstić information content (AvgIpc) is 3.54. The van der Waals surface area contributed by atoms with Crippen molar-refractivity contribution in [1.29, 1.82) is 0 Å². The second-order valence-electron chi connectivity index (χ2n) is 8.02. The molecule has 2 aromatic carbocycles. The fraction of sp³-hybridized carbons (Fsp3) is 0.240. The van der Waals surface area contributed by atoms with E-state index in [-0.39, 0.29) is 24.7 Å². The Morgan fingerprint density at radius 2 is 1.86 bits per heavy atom. The number of hydrogen-bond acceptors (Lipinski definition) is 6. The van der Waals surface area contributed by atoms with Crippen LogP contribution in [0.15, 0.2) is 71.3 Å². The molecule has 0 radical (unpaired) electrons. The Labute approximate surface area is 208 Å². The van der Waals surface area contributed by atoms with E-state index in [1.807, 2.05) is 4.90 Å². The van der Waals surface area contributed by atoms with Crippen LogP contribution in [-0.4, -0.2) is 21.8 Å². The quantitative estimate of drug-likeness (QED) is 0.277. The third-order valence-electron chi connectivity index (χ3n) is 5.28. The lowest BCUT2D eigenvalue weighted by atomic mass is 10.1. The number of anilines is 1. The number of furan rings is 1. The van der Waals surface area contributed by atoms with Crippen LogP contribution >= 0.6 is 11.5 Å². The van der Waals surface area contributed by atoms with Crippen molar-refractivity contribution in [2.75, 3.05) is 11.4 Å². The number of amides is 1. The smallest absolute Gasteiger partial charge is 0.416 e. The molecule has 6 nitrogen and oxygen atoms in total. The minimum atomic E-state index is -4.44. The zero-order chi connectivity index (χ0) is 25.5. The molecule has 0 saturated carbocycles. The molecule has 1 amide bonds. The Bertz CT molecular complexity index is 1270. The maximum absolute atomic E-state index is 13.2. The number of nitrogens with one attached hydrogen (secondary N) is 1. The average molecular weight is 519 g/mol. The summed E-state index contributed by atoms with van der Waals surface area (Å²) >= 11 is 1.18. The van der Waals surface area contributed by atoms with Gasteiger partial charge in [-0.15, -0.1) is 0 Å². The first kappa shape index (κ1) is 25.4. The molecule has 0 aliphatic carbocycles. The van der Waals surface area contributed by atoms with Gasteiger partial charge in [0, 0.05) is 37.5 Å². The summed E-state index contributed by atoms with van der Waals surface area (Å²) in [6.45, 7) is 0.640. The monoisotopic (exact) mass is 518 g/mol. The number of hydrogen-bond donors (Lipinski definition) is 1. The molecule has 4 rings (SSSR count). The summed E-state index contributed by atoms with van der Waals surface area (Å²) in [7, 11) is 0. The van der Waals surface area contributed by atoms with Crippen molar-refractivity contribution in [3.05, 3.63) is 101 Å². The number of aromatic nitrogens is 2. The standard InChI is InChI=1S/C25H22F4N4O2S/c26-20-8-6-17(7-9-20)14-22-31-24(36-32-22)33(16-21-5-2-12-35-21)11-10-23(34)30-15-18-3-1-4-19(13-18)25(27,28)29/h1-9,12-13H,10-11,14-16H2,(H,30,34). The second-order valence-corrected chi connectivity index (χ2v) is 8.75. The van der Waals surface area contributed by atoms with Gasteiger partial charge in [0.1, 0.15) is 17.4 Å². The number of halogens is 4. The van der Waals surface area contributed by atoms with Gasteiger partial charge in [-0.25, -0.2) is 9.37 Å². The largest absolute Gasteiger partial charge is 0.467 e. The Hall–Kier alpha value is -3.73. The highest BCUT2D eigenvalue weighted by atomic mass is 32.1. The number of nitrogens with zero attached hydrogens (tertiary/aromatic N) is 3. The van der Waals surface area contributed by atoms with E-state index in [2.05, 4.69) is 14.7 Å². The lowest BCUT2D eigenvalue weighted by molar-refractivity contribution is -0.137. The van der Waals surface area contributed by atoms with E-state index in [0.29, 0.717) is 41.8 Å². The van der Waals surface area contributed by atoms with Crippen molar-refractivity contribution in [1.82, 2.24) is 14.7 Å². The highest BCUT2D eigenvalue weighted by Gasteiger charge is 2.30. The predicted molar refractivity (Wildman–Crippen MR) is 127 cm³/mol. The molecule has 0 spiro atoms. The van der Waals surface area contributed by atoms with E-state index in [1.165, 1.54) is 35.8 Å². The first-order valence-electron chi connectivity index (χ1n) is 11.0. The Morgan fingerprint density at radius 3 is 2.58 bits per heavy atom. The summed E-state index contributed by atoms with van der Waals surface area (Å²) in [6, 6.07) is 14.5. The topological polar surface area (TPSA) is 71.3 Å². The molecule has 0 bridgehead atoms. The molecule has 36 heavy (non-hydrogen) atoms. The second kappa shape index (κ2) is 11.3. The summed E-state index contributed by atoms with van der Waals surface area (Å²) in [6.07, 6.45) is -2.37. The lowest BCUT2D eigenvalue weighted by Crippen LogP contribution is -2.30. The van der Waals surface area contributed by atoms with Crippen molar-refractivity contribution in [2.45, 2.75) is 32.1 Å². The molecule has 2 heterocycles. The van der Waals surface area contributed by atoms with E-state index < -0.39 is 11.7 Å². The SMILES string of the molecule is O=C(CCN(Cc1ccco1)c1nc(Cc2ccc(F)cc2)ns1)NCc1cccc(C(F)(F)F)c1. The molecule has 0 saturated heterocycles. The number of benzene rings is 2. The number of carbonyl (C=O) groups excluding carboxylic acids is 1. The summed E-state index contributed by atoms with van der Waals surface area (Å²) in [4.78, 5) is 18.9. The maximum Gasteiger partial charge on any atom is 0.416 e. The van der Waals surface area contributed by atoms with Crippen LogP contribution in [0.4, 0.5) is 22.7 Å². The van der Waals surface area contributed by atoms with Gasteiger partial charge in [-0.3, -0.25) is 4.79 Å². The van der Waals surface area contributed by atoms with Gasteiger partial charge in [-0.05, 0) is 47.5 Å². The van der Waals surface area contributed by atoms with Crippen LogP contribution in [0.5, 0.6) is 0 Å². The Balaban J connectivity index is 1.37. The lowest BCUT2D eigenvalue weighted by Gasteiger charge is -2.20. The Morgan fingerprint density at radius 1 is 1.06 bits per heavy atom. The van der Waals surface area contributed by atoms with Gasteiger partial charge in [0.2, 0.25) is 11.0 Å². The van der Waals surface area contributed by atoms with Gasteiger partial charge < -0.3 is 14.6 Å². The van der Waals surface area contributed by atoms with Crippen LogP contribution in [0.3, 0.4) is 0 Å². The van der Waals surface area contributed by atoms with E-state index in [9.17, 15) is 22.4 Å². The summed E-state index contributed by atoms with van der Waals surface area (Å²) in [5.74, 6) is 0.615. The fourth-order valence-electron chi connectivity index (χ4n) is 3.45. The minimum Gasteiger partial charge on any atom is -0.467 e. The van der Waals surface area contributed by atoms with Crippen molar-refractivity contribution in [3.8, 4) is 0 Å². The third kappa shape index (κ3) is 7.14. The van der Waals surface area contributed by atoms with Crippen LogP contribution in [0.25, 0.3) is 0 Å². The highest BCUT2D eigenvalue weighted by molar-refractivity contribution is 7.09. The van der Waals surface area contributed by atoms with Crippen molar-refractivity contribution in [3.63, 3.8) is 0 Å². The highest BCUT2D eigenvalue weighted by Crippen LogP contribution is 2.29. The van der Waals surface area contributed by atoms with E-state index in [4.69, 9.17) is 4.42 Å². The predicted octanol–water partition coefficient (Wildman–Crippen LogP) is 5.59. The molecule has 1 N–H and O–H groups in total. The normalized spacial score (nSPS) is 11.4. The van der Waals surface area contributed by atoms with Crippen LogP contribution in [-0.2, 0) is 30.5 Å². The fourth-order valence-corrected chi connectivity index (χ4v) is 4.16. The Kier molecular flexibility index (Phi) is 7.99. The molecule has 11 heteroatoms. The number of alkyl halides is 3. The molecular formula is C25H22F4N4O2S. The first-order valence-corrected chi connectivity index (χ1v) is 11.8. The summed E-state index contributed by atoms with van der Waals surface area (Å²) in [5.41, 5.74) is 0.471. The number of rotatable bonds is 10. The van der Waals surface area contributed by atoms with Gasteiger partial charge in [0.25, 0.3) is 0 Å². The van der Waals surface area contributed by atoms with Crippen molar-refractivity contribution >= 4 is 22.6 Å². The molecular weight excluding hydrogens is 496 g/mol. The molecule has 0 aliphatic heterocycles. The van der Waals surface area contributed by atoms with E-state index in [0.717, 1.165) is 17.7 Å². The number of carbonyl (C=O) groups is 1. The van der Waals surface area contributed by atoms with Crippen LogP contribution in [0.1, 0.15) is 34.7 Å². The minimum absolute atomic E-state index is 0.0123. The first-order chi connectivity index (χ1) is 17.3. The van der Waals surface area contributed by atoms with Crippen LogP contribution in [0.2, 0.25) is 0 Å². The third-order valence-corrected chi connectivity index (χ3v) is 6.10. The van der Waals surface area contributed by atoms with Crippen LogP contribution in [0, 0.1) is 5.82 Å². The van der Waals surface area contributed by atoms with Crippen molar-refractivity contribution in [2.24, 2.45) is 0 Å². The van der Waals surface area contributed by atoms with Crippen molar-refractivity contribution < 1.29 is 26.8 Å². The van der Waals surface area contributed by atoms with Gasteiger partial charge in [0.05, 0.1) is 18.4 Å². The zero-order valence-corrected chi connectivity index (χ0v) is 19.8. The molecule has 188 valence electrons. The van der Waals surface area contributed by atoms with E-state index in [1.54, 1.807) is 30.5 Å². The molecule has 0 aliphatic rings. The van der Waals surface area contributed by atoms with Gasteiger partial charge >= 0.3 is 6.18 Å². The summed E-state index contributed by atoms with van der Waals surface area (Å²) < 4.78 is 61.7. The molecule has 0 unspecified atom stereocenters. The molecule has 0 atom stereocenters. The zero-order valence-electron chi connectivity index (χ0n) is 19.0. The van der Waals surface area contributed by atoms with Gasteiger partial charge in [-0.2, -0.15) is 17.5 Å². The van der Waals surface area contributed by atoms with Gasteiger partial charge in [0.15, 0.2) is 0 Å². The maximum atomic E-state index is 13.2.